The van der Waals surface area contributed by atoms with Crippen molar-refractivity contribution >= 4 is 41.3 Å². The molecule has 0 heterocycles. The number of phenols is 1. The number of carbonyl (C=O) groups excluding carboxylic acids is 5. The van der Waals surface area contributed by atoms with Gasteiger partial charge in [-0.05, 0) is 69.3 Å². The first-order chi connectivity index (χ1) is 26.0. The number of amidine groups is 1. The summed E-state index contributed by atoms with van der Waals surface area (Å²) in [4.78, 5) is 73.6. The Hall–Kier alpha value is -4.93. The van der Waals surface area contributed by atoms with Gasteiger partial charge >= 0.3 is 5.97 Å². The Morgan fingerprint density at radius 2 is 1.38 bits per heavy atom. The first-order valence-corrected chi connectivity index (χ1v) is 18.1. The number of aliphatic hydroxyl groups is 2. The van der Waals surface area contributed by atoms with Crippen LogP contribution in [0, 0.1) is 5.41 Å². The van der Waals surface area contributed by atoms with E-state index >= 15 is 0 Å². The van der Waals surface area contributed by atoms with Gasteiger partial charge in [-0.3, -0.25) is 29.4 Å². The molecule has 19 N–H and O–H groups in total. The van der Waals surface area contributed by atoms with Crippen LogP contribution in [-0.2, 0) is 28.8 Å². The van der Waals surface area contributed by atoms with Gasteiger partial charge in [0.1, 0.15) is 23.9 Å². The summed E-state index contributed by atoms with van der Waals surface area (Å²) in [7, 11) is 0. The van der Waals surface area contributed by atoms with E-state index in [0.29, 0.717) is 31.5 Å². The van der Waals surface area contributed by atoms with E-state index in [9.17, 15) is 49.2 Å². The number of aliphatic hydroxyl groups excluding tert-OH is 2. The van der Waals surface area contributed by atoms with Gasteiger partial charge in [-0.15, -0.1) is 0 Å². The average Bonchev–Trinajstić information content (AvgIpc) is 3.13. The number of carboxylic acid groups (broad SMARTS) is 1. The zero-order valence-corrected chi connectivity index (χ0v) is 30.9. The average molecular weight is 782 g/mol. The summed E-state index contributed by atoms with van der Waals surface area (Å²) in [6, 6.07) is 1.41. The molecule has 1 aromatic carbocycles. The lowest BCUT2D eigenvalue weighted by atomic mass is 10.00. The number of hydrogen-bond donors (Lipinski definition) is 15. The van der Waals surface area contributed by atoms with Crippen molar-refractivity contribution in [2.45, 2.75) is 94.2 Å². The number of unbranched alkanes of at least 4 members (excludes halogenated alkanes) is 1. The largest absolute Gasteiger partial charge is 0.508 e. The summed E-state index contributed by atoms with van der Waals surface area (Å²) in [5, 5.41) is 61.9. The van der Waals surface area contributed by atoms with Crippen molar-refractivity contribution in [2.75, 3.05) is 39.3 Å². The number of phenolic OH excluding ortho intramolecular Hbond substituents is 1. The van der Waals surface area contributed by atoms with Crippen molar-refractivity contribution in [1.29, 1.82) is 5.41 Å². The monoisotopic (exact) mass is 781 g/mol. The van der Waals surface area contributed by atoms with E-state index in [0.717, 1.165) is 19.4 Å². The normalized spacial score (nSPS) is 14.3. The third kappa shape index (κ3) is 21.5. The van der Waals surface area contributed by atoms with Gasteiger partial charge in [0.25, 0.3) is 5.91 Å². The smallest absolute Gasteiger partial charge is 0.326 e. The number of nitrogens with two attached hydrogens (primary N) is 4. The zero-order chi connectivity index (χ0) is 41.3. The van der Waals surface area contributed by atoms with Gasteiger partial charge in [0, 0.05) is 38.0 Å². The van der Waals surface area contributed by atoms with Crippen LogP contribution in [-0.4, -0.2) is 131 Å². The van der Waals surface area contributed by atoms with E-state index in [-0.39, 0.29) is 43.8 Å². The molecule has 21 nitrogen and oxygen atoms in total. The lowest BCUT2D eigenvalue weighted by Gasteiger charge is -2.23. The van der Waals surface area contributed by atoms with E-state index in [1.807, 2.05) is 0 Å². The maximum absolute atomic E-state index is 12.8. The van der Waals surface area contributed by atoms with Crippen molar-refractivity contribution in [3.63, 3.8) is 0 Å². The van der Waals surface area contributed by atoms with Crippen LogP contribution in [0.15, 0.2) is 24.3 Å². The minimum atomic E-state index is -1.78. The highest BCUT2D eigenvalue weighted by molar-refractivity contribution is 5.92. The summed E-state index contributed by atoms with van der Waals surface area (Å²) in [6.45, 7) is 0.589. The van der Waals surface area contributed by atoms with Crippen LogP contribution in [0.2, 0.25) is 0 Å². The predicted molar refractivity (Wildman–Crippen MR) is 201 cm³/mol. The van der Waals surface area contributed by atoms with Gasteiger partial charge < -0.3 is 75.3 Å². The standard InChI is InChI=1S/C34H59N11O10/c35-17-25(45-33(53)27(48)18-42-29(49)15-23(37)20-8-10-21(46)11-9-20)32(52)44-24(34(54)55)6-3-5-22(36)26(47)16-30(50)43-19-31(51)41-14-4-13-40-12-2-1-7-28(38)39/h8-11,22-27,40,46-48H,1-7,12-19,35-37H2,(H3,38,39)(H,41,51)(H,42,49)(H,43,50)(H,44,52)(H,45,53)(H,54,55). The Balaban J connectivity index is 2.37. The van der Waals surface area contributed by atoms with Crippen LogP contribution in [0.5, 0.6) is 5.75 Å². The maximum Gasteiger partial charge on any atom is 0.326 e. The minimum Gasteiger partial charge on any atom is -0.508 e. The molecule has 55 heavy (non-hydrogen) atoms. The molecular formula is C34H59N11O10. The number of benzene rings is 1. The quantitative estimate of drug-likeness (QED) is 0.0208. The first-order valence-electron chi connectivity index (χ1n) is 18.1. The number of aliphatic carboxylic acids is 1. The third-order valence-corrected chi connectivity index (χ3v) is 8.27. The summed E-state index contributed by atoms with van der Waals surface area (Å²) in [6.07, 6.45) is -0.661. The lowest BCUT2D eigenvalue weighted by Crippen LogP contribution is -2.57. The molecule has 5 amide bonds. The van der Waals surface area contributed by atoms with E-state index in [1.54, 1.807) is 12.1 Å². The molecule has 0 radical (unpaired) electrons. The van der Waals surface area contributed by atoms with E-state index < -0.39 is 91.4 Å². The van der Waals surface area contributed by atoms with Crippen LogP contribution >= 0.6 is 0 Å². The SMILES string of the molecule is N=C(N)CCCCNCCCNC(=O)CNC(=O)CC(O)C(N)CCCC(NC(=O)C(CN)NC(=O)C(O)CNC(=O)CC(N)c1ccc(O)cc1)C(=O)O. The molecule has 0 fully saturated rings. The van der Waals surface area contributed by atoms with Crippen molar-refractivity contribution in [3.8, 4) is 5.75 Å². The van der Waals surface area contributed by atoms with E-state index in [1.165, 1.54) is 12.1 Å². The molecule has 0 aliphatic heterocycles. The number of carbonyl (C=O) groups is 6. The van der Waals surface area contributed by atoms with Crippen LogP contribution in [0.25, 0.3) is 0 Å². The molecule has 21 heteroatoms. The van der Waals surface area contributed by atoms with Gasteiger partial charge in [-0.1, -0.05) is 12.1 Å². The highest BCUT2D eigenvalue weighted by Gasteiger charge is 2.28. The Labute approximate surface area is 319 Å². The van der Waals surface area contributed by atoms with Gasteiger partial charge in [-0.25, -0.2) is 4.79 Å². The second kappa shape index (κ2) is 26.8. The van der Waals surface area contributed by atoms with Crippen molar-refractivity contribution in [1.82, 2.24) is 31.9 Å². The Bertz CT molecular complexity index is 1390. The summed E-state index contributed by atoms with van der Waals surface area (Å²) < 4.78 is 0. The van der Waals surface area contributed by atoms with Crippen LogP contribution in [0.4, 0.5) is 0 Å². The van der Waals surface area contributed by atoms with Crippen molar-refractivity contribution in [2.24, 2.45) is 22.9 Å². The molecule has 1 rings (SSSR count). The molecule has 0 aromatic heterocycles. The van der Waals surface area contributed by atoms with Gasteiger partial charge in [0.15, 0.2) is 0 Å². The first kappa shape index (κ1) is 48.1. The molecule has 0 saturated carbocycles. The number of aromatic hydroxyl groups is 1. The molecule has 0 bridgehead atoms. The number of carboxylic acids is 1. The second-order valence-electron chi connectivity index (χ2n) is 13.0. The van der Waals surface area contributed by atoms with Crippen molar-refractivity contribution in [3.05, 3.63) is 29.8 Å². The fourth-order valence-electron chi connectivity index (χ4n) is 4.98. The molecule has 0 spiro atoms. The summed E-state index contributed by atoms with van der Waals surface area (Å²) in [5.74, 6) is -4.80. The number of amides is 5. The fraction of sp³-hybridized carbons (Fsp3) is 0.618. The topological polar surface area (TPSA) is 383 Å². The molecule has 6 atom stereocenters. The Morgan fingerprint density at radius 1 is 0.745 bits per heavy atom. The van der Waals surface area contributed by atoms with Crippen molar-refractivity contribution < 1.29 is 49.2 Å². The molecule has 0 aliphatic carbocycles. The Kier molecular flexibility index (Phi) is 23.4. The molecule has 310 valence electrons. The number of nitrogens with one attached hydrogen (secondary N) is 7. The predicted octanol–water partition coefficient (Wildman–Crippen LogP) is -4.16. The highest BCUT2D eigenvalue weighted by Crippen LogP contribution is 2.17. The molecule has 0 aliphatic rings. The summed E-state index contributed by atoms with van der Waals surface area (Å²) >= 11 is 0. The number of hydrogen-bond acceptors (Lipinski definition) is 14. The summed E-state index contributed by atoms with van der Waals surface area (Å²) in [5.41, 5.74) is 23.5. The second-order valence-corrected chi connectivity index (χ2v) is 13.0. The molecule has 0 saturated heterocycles. The minimum absolute atomic E-state index is 0.0292. The highest BCUT2D eigenvalue weighted by atomic mass is 16.4. The van der Waals surface area contributed by atoms with Gasteiger partial charge in [0.05, 0.1) is 31.4 Å². The van der Waals surface area contributed by atoms with Crippen LogP contribution < -0.4 is 54.8 Å². The number of rotatable bonds is 29. The van der Waals surface area contributed by atoms with Crippen LogP contribution in [0.1, 0.15) is 69.4 Å². The molecule has 1 aromatic rings. The van der Waals surface area contributed by atoms with E-state index in [2.05, 4.69) is 31.9 Å². The van der Waals surface area contributed by atoms with E-state index in [4.69, 9.17) is 28.3 Å². The fourth-order valence-corrected chi connectivity index (χ4v) is 4.98. The lowest BCUT2D eigenvalue weighted by molar-refractivity contribution is -0.142. The van der Waals surface area contributed by atoms with Gasteiger partial charge in [0.2, 0.25) is 23.6 Å². The molecular weight excluding hydrogens is 722 g/mol. The third-order valence-electron chi connectivity index (χ3n) is 8.27. The zero-order valence-electron chi connectivity index (χ0n) is 30.9. The molecule has 6 unspecified atom stereocenters. The Morgan fingerprint density at radius 3 is 2.02 bits per heavy atom. The maximum atomic E-state index is 12.8. The van der Waals surface area contributed by atoms with Crippen LogP contribution in [0.3, 0.4) is 0 Å². The van der Waals surface area contributed by atoms with Gasteiger partial charge in [-0.2, -0.15) is 0 Å².